The lowest BCUT2D eigenvalue weighted by atomic mass is 9.90. The number of rotatable bonds is 10. The Morgan fingerprint density at radius 3 is 2.62 bits per heavy atom. The van der Waals surface area contributed by atoms with E-state index in [1.54, 1.807) is 26.0 Å². The molecule has 1 amide bonds. The SMILES string of the molecule is C=CCc1ccc(OCC(=O)NCCC(C)(C)C(=O)O)c(OC)c1. The number of allylic oxidation sites excluding steroid dienone is 1. The third-order valence-electron chi connectivity index (χ3n) is 3.62. The van der Waals surface area contributed by atoms with E-state index in [1.807, 2.05) is 12.1 Å². The fourth-order valence-electron chi connectivity index (χ4n) is 1.94. The van der Waals surface area contributed by atoms with Crippen molar-refractivity contribution in [2.45, 2.75) is 26.7 Å². The third-order valence-corrected chi connectivity index (χ3v) is 3.62. The lowest BCUT2D eigenvalue weighted by Crippen LogP contribution is -2.34. The largest absolute Gasteiger partial charge is 0.493 e. The van der Waals surface area contributed by atoms with Crippen LogP contribution in [0, 0.1) is 5.41 Å². The van der Waals surface area contributed by atoms with Crippen molar-refractivity contribution in [3.05, 3.63) is 36.4 Å². The molecule has 0 bridgehead atoms. The molecule has 132 valence electrons. The predicted molar refractivity (Wildman–Crippen MR) is 91.4 cm³/mol. The van der Waals surface area contributed by atoms with Crippen molar-refractivity contribution in [3.63, 3.8) is 0 Å². The number of hydrogen-bond donors (Lipinski definition) is 2. The van der Waals surface area contributed by atoms with Crippen LogP contribution in [0.25, 0.3) is 0 Å². The predicted octanol–water partition coefficient (Wildman–Crippen LogP) is 2.42. The molecule has 0 aliphatic carbocycles. The summed E-state index contributed by atoms with van der Waals surface area (Å²) in [6, 6.07) is 5.47. The van der Waals surface area contributed by atoms with Crippen LogP contribution in [-0.4, -0.2) is 37.2 Å². The first-order chi connectivity index (χ1) is 11.3. The Hall–Kier alpha value is -2.50. The van der Waals surface area contributed by atoms with Crippen LogP contribution in [0.2, 0.25) is 0 Å². The quantitative estimate of drug-likeness (QED) is 0.642. The Labute approximate surface area is 142 Å². The fourth-order valence-corrected chi connectivity index (χ4v) is 1.94. The molecule has 0 saturated carbocycles. The number of methoxy groups -OCH3 is 1. The molecule has 0 radical (unpaired) electrons. The van der Waals surface area contributed by atoms with Crippen LogP contribution in [-0.2, 0) is 16.0 Å². The van der Waals surface area contributed by atoms with Gasteiger partial charge in [-0.2, -0.15) is 0 Å². The van der Waals surface area contributed by atoms with Gasteiger partial charge in [0.15, 0.2) is 18.1 Å². The zero-order valence-electron chi connectivity index (χ0n) is 14.4. The van der Waals surface area contributed by atoms with Gasteiger partial charge in [0.25, 0.3) is 5.91 Å². The number of carbonyl (C=O) groups excluding carboxylic acids is 1. The highest BCUT2D eigenvalue weighted by Gasteiger charge is 2.26. The van der Waals surface area contributed by atoms with E-state index in [2.05, 4.69) is 11.9 Å². The average Bonchev–Trinajstić information content (AvgIpc) is 2.53. The van der Waals surface area contributed by atoms with Crippen LogP contribution in [0.15, 0.2) is 30.9 Å². The number of nitrogens with one attached hydrogen (secondary N) is 1. The van der Waals surface area contributed by atoms with Gasteiger partial charge in [-0.15, -0.1) is 6.58 Å². The summed E-state index contributed by atoms with van der Waals surface area (Å²) in [6.45, 7) is 7.04. The molecule has 0 aliphatic rings. The molecule has 6 heteroatoms. The first-order valence-corrected chi connectivity index (χ1v) is 7.71. The summed E-state index contributed by atoms with van der Waals surface area (Å²) in [4.78, 5) is 22.8. The minimum absolute atomic E-state index is 0.162. The van der Waals surface area contributed by atoms with Crippen LogP contribution >= 0.6 is 0 Å². The number of amides is 1. The normalized spacial score (nSPS) is 10.8. The molecule has 0 fully saturated rings. The van der Waals surface area contributed by atoms with Crippen molar-refractivity contribution in [1.82, 2.24) is 5.32 Å². The van der Waals surface area contributed by atoms with E-state index in [4.69, 9.17) is 14.6 Å². The van der Waals surface area contributed by atoms with Gasteiger partial charge in [-0.05, 0) is 44.4 Å². The molecular formula is C18H25NO5. The van der Waals surface area contributed by atoms with Gasteiger partial charge in [0, 0.05) is 6.54 Å². The lowest BCUT2D eigenvalue weighted by molar-refractivity contribution is -0.147. The van der Waals surface area contributed by atoms with Gasteiger partial charge in [-0.25, -0.2) is 0 Å². The number of aliphatic carboxylic acids is 1. The van der Waals surface area contributed by atoms with Crippen molar-refractivity contribution < 1.29 is 24.2 Å². The Kier molecular flexibility index (Phi) is 7.30. The van der Waals surface area contributed by atoms with Gasteiger partial charge < -0.3 is 19.9 Å². The highest BCUT2D eigenvalue weighted by atomic mass is 16.5. The molecule has 1 aromatic rings. The van der Waals surface area contributed by atoms with Crippen LogP contribution in [0.4, 0.5) is 0 Å². The number of ether oxygens (including phenoxy) is 2. The standard InChI is InChI=1S/C18H25NO5/c1-5-6-13-7-8-14(15(11-13)23-4)24-12-16(20)19-10-9-18(2,3)17(21)22/h5,7-8,11H,1,6,9-10,12H2,2-4H3,(H,19,20)(H,21,22). The van der Waals surface area contributed by atoms with Crippen LogP contribution in [0.5, 0.6) is 11.5 Å². The molecule has 0 aromatic heterocycles. The second kappa shape index (κ2) is 8.96. The second-order valence-corrected chi connectivity index (χ2v) is 6.06. The molecule has 6 nitrogen and oxygen atoms in total. The van der Waals surface area contributed by atoms with Crippen molar-refractivity contribution in [2.75, 3.05) is 20.3 Å². The lowest BCUT2D eigenvalue weighted by Gasteiger charge is -2.19. The molecule has 0 saturated heterocycles. The molecule has 1 aromatic carbocycles. The molecule has 0 aliphatic heterocycles. The number of carbonyl (C=O) groups is 2. The maximum Gasteiger partial charge on any atom is 0.309 e. The highest BCUT2D eigenvalue weighted by molar-refractivity contribution is 5.78. The van der Waals surface area contributed by atoms with Crippen molar-refractivity contribution >= 4 is 11.9 Å². The van der Waals surface area contributed by atoms with E-state index in [9.17, 15) is 9.59 Å². The van der Waals surface area contributed by atoms with Gasteiger partial charge in [0.2, 0.25) is 0 Å². The van der Waals surface area contributed by atoms with Gasteiger partial charge in [0.05, 0.1) is 12.5 Å². The molecule has 0 spiro atoms. The maximum atomic E-state index is 11.8. The summed E-state index contributed by atoms with van der Waals surface area (Å²) in [5.74, 6) is -0.175. The summed E-state index contributed by atoms with van der Waals surface area (Å²) in [7, 11) is 1.54. The van der Waals surface area contributed by atoms with Gasteiger partial charge in [-0.1, -0.05) is 12.1 Å². The Balaban J connectivity index is 2.49. The topological polar surface area (TPSA) is 84.9 Å². The van der Waals surface area contributed by atoms with Gasteiger partial charge >= 0.3 is 5.97 Å². The minimum atomic E-state index is -0.891. The highest BCUT2D eigenvalue weighted by Crippen LogP contribution is 2.28. The average molecular weight is 335 g/mol. The van der Waals surface area contributed by atoms with Crippen LogP contribution in [0.1, 0.15) is 25.8 Å². The molecule has 2 N–H and O–H groups in total. The third kappa shape index (κ3) is 5.95. The van der Waals surface area contributed by atoms with Gasteiger partial charge in [-0.3, -0.25) is 9.59 Å². The van der Waals surface area contributed by atoms with E-state index in [1.165, 1.54) is 7.11 Å². The van der Waals surface area contributed by atoms with Crippen molar-refractivity contribution in [1.29, 1.82) is 0 Å². The smallest absolute Gasteiger partial charge is 0.309 e. The van der Waals surface area contributed by atoms with Gasteiger partial charge in [0.1, 0.15) is 0 Å². The summed E-state index contributed by atoms with van der Waals surface area (Å²) in [5.41, 5.74) is 0.160. The molecule has 0 atom stereocenters. The first-order valence-electron chi connectivity index (χ1n) is 7.71. The van der Waals surface area contributed by atoms with E-state index in [-0.39, 0.29) is 19.1 Å². The summed E-state index contributed by atoms with van der Waals surface area (Å²) < 4.78 is 10.7. The van der Waals surface area contributed by atoms with Crippen molar-refractivity contribution in [2.24, 2.45) is 5.41 Å². The summed E-state index contributed by atoms with van der Waals surface area (Å²) in [6.07, 6.45) is 2.85. The minimum Gasteiger partial charge on any atom is -0.493 e. The fraction of sp³-hybridized carbons (Fsp3) is 0.444. The number of carboxylic acids is 1. The number of benzene rings is 1. The van der Waals surface area contributed by atoms with E-state index in [0.717, 1.165) is 12.0 Å². The Morgan fingerprint density at radius 1 is 1.33 bits per heavy atom. The monoisotopic (exact) mass is 335 g/mol. The summed E-state index contributed by atoms with van der Waals surface area (Å²) in [5, 5.41) is 11.7. The van der Waals surface area contributed by atoms with Crippen molar-refractivity contribution in [3.8, 4) is 11.5 Å². The van der Waals surface area contributed by atoms with E-state index >= 15 is 0 Å². The van der Waals surface area contributed by atoms with E-state index < -0.39 is 11.4 Å². The number of carboxylic acid groups (broad SMARTS) is 1. The molecule has 0 heterocycles. The zero-order chi connectivity index (χ0) is 18.2. The van der Waals surface area contributed by atoms with E-state index in [0.29, 0.717) is 17.9 Å². The zero-order valence-corrected chi connectivity index (χ0v) is 14.4. The molecular weight excluding hydrogens is 310 g/mol. The van der Waals surface area contributed by atoms with Crippen LogP contribution < -0.4 is 14.8 Å². The Morgan fingerprint density at radius 2 is 2.04 bits per heavy atom. The first kappa shape index (κ1) is 19.5. The molecule has 24 heavy (non-hydrogen) atoms. The second-order valence-electron chi connectivity index (χ2n) is 6.06. The maximum absolute atomic E-state index is 11.8. The number of hydrogen-bond acceptors (Lipinski definition) is 4. The van der Waals surface area contributed by atoms with Crippen LogP contribution in [0.3, 0.4) is 0 Å². The summed E-state index contributed by atoms with van der Waals surface area (Å²) >= 11 is 0. The Bertz CT molecular complexity index is 595. The molecule has 0 unspecified atom stereocenters. The molecule has 1 rings (SSSR count).